The summed E-state index contributed by atoms with van der Waals surface area (Å²) in [7, 11) is 0. The van der Waals surface area contributed by atoms with Crippen molar-refractivity contribution in [1.82, 2.24) is 9.88 Å². The topological polar surface area (TPSA) is 68.5 Å². The van der Waals surface area contributed by atoms with Crippen LogP contribution in [-0.4, -0.2) is 41.6 Å². The van der Waals surface area contributed by atoms with Crippen LogP contribution in [0.25, 0.3) is 0 Å². The van der Waals surface area contributed by atoms with Gasteiger partial charge in [0, 0.05) is 31.6 Å². The maximum absolute atomic E-state index is 12.3. The van der Waals surface area contributed by atoms with Crippen LogP contribution in [-0.2, 0) is 11.3 Å². The highest BCUT2D eigenvalue weighted by Crippen LogP contribution is 2.18. The summed E-state index contributed by atoms with van der Waals surface area (Å²) in [6.07, 6.45) is 2.15. The molecule has 2 N–H and O–H groups in total. The van der Waals surface area contributed by atoms with Gasteiger partial charge in [0.1, 0.15) is 10.7 Å². The van der Waals surface area contributed by atoms with E-state index in [1.165, 1.54) is 11.3 Å². The highest BCUT2D eigenvalue weighted by molar-refractivity contribution is 7.09. The van der Waals surface area contributed by atoms with Gasteiger partial charge in [-0.15, -0.1) is 11.3 Å². The number of carbonyl (C=O) groups excluding carboxylic acids is 1. The normalized spacial score (nSPS) is 19.0. The molecule has 1 aromatic heterocycles. The van der Waals surface area contributed by atoms with E-state index in [9.17, 15) is 4.79 Å². The lowest BCUT2D eigenvalue weighted by atomic mass is 10.1. The van der Waals surface area contributed by atoms with Crippen molar-refractivity contribution in [3.8, 4) is 0 Å². The van der Waals surface area contributed by atoms with E-state index in [2.05, 4.69) is 18.8 Å². The van der Waals surface area contributed by atoms with Gasteiger partial charge in [-0.2, -0.15) is 0 Å². The van der Waals surface area contributed by atoms with Gasteiger partial charge in [0.15, 0.2) is 0 Å². The molecule has 5 nitrogen and oxygen atoms in total. The molecule has 1 fully saturated rings. The number of likely N-dealkylation sites (tertiary alicyclic amines) is 1. The monoisotopic (exact) mass is 297 g/mol. The lowest BCUT2D eigenvalue weighted by Gasteiger charge is -2.16. The van der Waals surface area contributed by atoms with Crippen molar-refractivity contribution < 1.29 is 9.53 Å². The van der Waals surface area contributed by atoms with Gasteiger partial charge in [0.2, 0.25) is 0 Å². The summed E-state index contributed by atoms with van der Waals surface area (Å²) in [5, 5.41) is 2.59. The highest BCUT2D eigenvalue weighted by atomic mass is 32.1. The lowest BCUT2D eigenvalue weighted by molar-refractivity contribution is 0.0482. The molecule has 6 heteroatoms. The van der Waals surface area contributed by atoms with Crippen LogP contribution in [0.4, 0.5) is 0 Å². The number of ether oxygens (including phenoxy) is 1. The molecular formula is C14H23N3O2S. The van der Waals surface area contributed by atoms with Crippen molar-refractivity contribution in [3.63, 3.8) is 0 Å². The van der Waals surface area contributed by atoms with Gasteiger partial charge in [-0.05, 0) is 18.8 Å². The summed E-state index contributed by atoms with van der Waals surface area (Å²) >= 11 is 1.44. The molecule has 2 rings (SSSR count). The van der Waals surface area contributed by atoms with E-state index in [0.29, 0.717) is 24.7 Å². The fourth-order valence-corrected chi connectivity index (χ4v) is 2.83. The van der Waals surface area contributed by atoms with Crippen LogP contribution in [0.5, 0.6) is 0 Å². The molecule has 112 valence electrons. The predicted molar refractivity (Wildman–Crippen MR) is 79.7 cm³/mol. The summed E-state index contributed by atoms with van der Waals surface area (Å²) in [6.45, 7) is 6.96. The number of hydrogen-bond donors (Lipinski definition) is 1. The number of thiazole rings is 1. The standard InChI is InChI=1S/C14H23N3O2S/c1-10(2)4-6-19-11-3-5-17(8-11)14(18)12-9-20-13(7-15)16-12/h9-11H,3-8,15H2,1-2H3. The molecule has 1 aliphatic heterocycles. The van der Waals surface area contributed by atoms with Crippen molar-refractivity contribution in [2.75, 3.05) is 19.7 Å². The summed E-state index contributed by atoms with van der Waals surface area (Å²) in [5.41, 5.74) is 6.03. The molecule has 0 bridgehead atoms. The number of carbonyl (C=O) groups is 1. The van der Waals surface area contributed by atoms with Crippen molar-refractivity contribution in [2.24, 2.45) is 11.7 Å². The van der Waals surface area contributed by atoms with E-state index < -0.39 is 0 Å². The van der Waals surface area contributed by atoms with E-state index >= 15 is 0 Å². The number of amides is 1. The molecule has 2 heterocycles. The Bertz CT molecular complexity index is 447. The van der Waals surface area contributed by atoms with Gasteiger partial charge in [0.25, 0.3) is 5.91 Å². The average molecular weight is 297 g/mol. The van der Waals surface area contributed by atoms with E-state index in [0.717, 1.165) is 31.0 Å². The first-order valence-electron chi connectivity index (χ1n) is 7.15. The average Bonchev–Trinajstić information content (AvgIpc) is 3.06. The molecule has 0 radical (unpaired) electrons. The smallest absolute Gasteiger partial charge is 0.273 e. The minimum atomic E-state index is -0.00379. The molecule has 1 saturated heterocycles. The van der Waals surface area contributed by atoms with Crippen LogP contribution in [0.1, 0.15) is 42.2 Å². The Morgan fingerprint density at radius 2 is 2.45 bits per heavy atom. The van der Waals surface area contributed by atoms with Crippen LogP contribution >= 0.6 is 11.3 Å². The summed E-state index contributed by atoms with van der Waals surface area (Å²) in [4.78, 5) is 18.4. The maximum atomic E-state index is 12.3. The van der Waals surface area contributed by atoms with Crippen LogP contribution in [0, 0.1) is 5.92 Å². The van der Waals surface area contributed by atoms with Crippen LogP contribution in [0.3, 0.4) is 0 Å². The lowest BCUT2D eigenvalue weighted by Crippen LogP contribution is -2.30. The Kier molecular flexibility index (Phi) is 5.51. The fourth-order valence-electron chi connectivity index (χ4n) is 2.18. The van der Waals surface area contributed by atoms with Crippen LogP contribution in [0.15, 0.2) is 5.38 Å². The Labute approximate surface area is 124 Å². The molecule has 1 unspecified atom stereocenters. The van der Waals surface area contributed by atoms with E-state index in [1.807, 2.05) is 4.90 Å². The van der Waals surface area contributed by atoms with Crippen molar-refractivity contribution in [3.05, 3.63) is 16.1 Å². The van der Waals surface area contributed by atoms with Gasteiger partial charge < -0.3 is 15.4 Å². The number of rotatable bonds is 6. The van der Waals surface area contributed by atoms with Crippen LogP contribution < -0.4 is 5.73 Å². The van der Waals surface area contributed by atoms with Crippen molar-refractivity contribution in [2.45, 2.75) is 39.3 Å². The third-order valence-corrected chi connectivity index (χ3v) is 4.30. The second kappa shape index (κ2) is 7.15. The molecule has 1 aliphatic rings. The molecule has 0 aromatic carbocycles. The largest absolute Gasteiger partial charge is 0.376 e. The van der Waals surface area contributed by atoms with Gasteiger partial charge >= 0.3 is 0 Å². The Hall–Kier alpha value is -0.980. The number of hydrogen-bond acceptors (Lipinski definition) is 5. The predicted octanol–water partition coefficient (Wildman–Crippen LogP) is 1.88. The third-order valence-electron chi connectivity index (χ3n) is 3.43. The quantitative estimate of drug-likeness (QED) is 0.870. The highest BCUT2D eigenvalue weighted by Gasteiger charge is 2.28. The zero-order valence-electron chi connectivity index (χ0n) is 12.2. The molecule has 0 aliphatic carbocycles. The molecule has 0 saturated carbocycles. The van der Waals surface area contributed by atoms with Gasteiger partial charge in [-0.1, -0.05) is 13.8 Å². The Morgan fingerprint density at radius 3 is 3.10 bits per heavy atom. The molecule has 1 amide bonds. The Balaban J connectivity index is 1.81. The first-order chi connectivity index (χ1) is 9.60. The summed E-state index contributed by atoms with van der Waals surface area (Å²) < 4.78 is 5.82. The number of nitrogens with zero attached hydrogens (tertiary/aromatic N) is 2. The van der Waals surface area contributed by atoms with Gasteiger partial charge in [-0.25, -0.2) is 4.98 Å². The maximum Gasteiger partial charge on any atom is 0.273 e. The zero-order chi connectivity index (χ0) is 14.5. The zero-order valence-corrected chi connectivity index (χ0v) is 13.0. The fraction of sp³-hybridized carbons (Fsp3) is 0.714. The van der Waals surface area contributed by atoms with E-state index in [1.54, 1.807) is 5.38 Å². The SMILES string of the molecule is CC(C)CCOC1CCN(C(=O)c2csc(CN)n2)C1. The molecule has 0 spiro atoms. The van der Waals surface area contributed by atoms with E-state index in [-0.39, 0.29) is 12.0 Å². The molecule has 20 heavy (non-hydrogen) atoms. The summed E-state index contributed by atoms with van der Waals surface area (Å²) in [6, 6.07) is 0. The Morgan fingerprint density at radius 1 is 1.65 bits per heavy atom. The molecular weight excluding hydrogens is 274 g/mol. The van der Waals surface area contributed by atoms with Gasteiger partial charge in [0.05, 0.1) is 6.10 Å². The minimum absolute atomic E-state index is 0.00379. The summed E-state index contributed by atoms with van der Waals surface area (Å²) in [5.74, 6) is 0.648. The molecule has 1 atom stereocenters. The number of nitrogens with two attached hydrogens (primary N) is 1. The molecule has 1 aromatic rings. The second-order valence-corrected chi connectivity index (χ2v) is 6.49. The van der Waals surface area contributed by atoms with Crippen molar-refractivity contribution >= 4 is 17.2 Å². The van der Waals surface area contributed by atoms with Crippen LogP contribution in [0.2, 0.25) is 0 Å². The van der Waals surface area contributed by atoms with E-state index in [4.69, 9.17) is 10.5 Å². The number of aromatic nitrogens is 1. The second-order valence-electron chi connectivity index (χ2n) is 5.55. The first kappa shape index (κ1) is 15.4. The minimum Gasteiger partial charge on any atom is -0.376 e. The van der Waals surface area contributed by atoms with Crippen molar-refractivity contribution in [1.29, 1.82) is 0 Å². The van der Waals surface area contributed by atoms with Gasteiger partial charge in [-0.3, -0.25) is 4.79 Å². The first-order valence-corrected chi connectivity index (χ1v) is 8.03. The third kappa shape index (κ3) is 4.01.